The van der Waals surface area contributed by atoms with Gasteiger partial charge in [0.2, 0.25) is 0 Å². The highest BCUT2D eigenvalue weighted by Crippen LogP contribution is 2.38. The van der Waals surface area contributed by atoms with Crippen molar-refractivity contribution in [2.24, 2.45) is 0 Å². The van der Waals surface area contributed by atoms with Crippen LogP contribution in [-0.4, -0.2) is 29.1 Å². The number of aromatic nitrogens is 6. The Kier molecular flexibility index (Phi) is 7.38. The molecule has 0 bridgehead atoms. The Balaban J connectivity index is 1.10. The average Bonchev–Trinajstić information content (AvgIpc) is 3.79. The molecule has 4 aromatic heterocycles. The number of benzene rings is 7. The van der Waals surface area contributed by atoms with E-state index in [9.17, 15) is 0 Å². The van der Waals surface area contributed by atoms with Crippen LogP contribution in [-0.2, 0) is 0 Å². The Morgan fingerprint density at radius 1 is 0.321 bits per heavy atom. The molecule has 0 N–H and O–H groups in total. The SMILES string of the molecule is c1ccc(-c2cc(-c3ccccc3)nc(-c3nccnc3-c3ccc4c5ccccc5n(-c5cccc(-n6c7ccccc7c7ccccc76)c5)c4c3)n2)cc1. The molecule has 11 rings (SSSR count). The van der Waals surface area contributed by atoms with Crippen molar-refractivity contribution in [3.05, 3.63) is 194 Å². The minimum Gasteiger partial charge on any atom is -0.309 e. The van der Waals surface area contributed by atoms with Gasteiger partial charge in [-0.2, -0.15) is 0 Å². The molecule has 6 nitrogen and oxygen atoms in total. The molecular formula is C50H32N6. The van der Waals surface area contributed by atoms with Crippen molar-refractivity contribution in [3.8, 4) is 56.7 Å². The molecule has 0 spiro atoms. The van der Waals surface area contributed by atoms with E-state index >= 15 is 0 Å². The third kappa shape index (κ3) is 5.19. The van der Waals surface area contributed by atoms with E-state index < -0.39 is 0 Å². The second kappa shape index (κ2) is 13.0. The van der Waals surface area contributed by atoms with Crippen LogP contribution in [0.1, 0.15) is 0 Å². The standard InChI is InChI=1S/C50H32N6/c1-3-14-33(15-4-1)42-32-43(34-16-5-2-6-17-34)54-50(53-42)49-48(51-28-29-52-49)35-26-27-41-40-22-9-12-25-46(40)56(47(41)30-35)37-19-13-18-36(31-37)55-44-23-10-7-20-38(44)39-21-8-11-24-45(39)55/h1-32H. The zero-order valence-corrected chi connectivity index (χ0v) is 30.2. The first-order valence-corrected chi connectivity index (χ1v) is 18.7. The third-order valence-corrected chi connectivity index (χ3v) is 10.6. The van der Waals surface area contributed by atoms with Gasteiger partial charge < -0.3 is 9.13 Å². The van der Waals surface area contributed by atoms with Gasteiger partial charge in [0.05, 0.1) is 39.1 Å². The summed E-state index contributed by atoms with van der Waals surface area (Å²) in [6.45, 7) is 0. The summed E-state index contributed by atoms with van der Waals surface area (Å²) in [5.41, 5.74) is 12.7. The fraction of sp³-hybridized carbons (Fsp3) is 0. The quantitative estimate of drug-likeness (QED) is 0.172. The van der Waals surface area contributed by atoms with Crippen molar-refractivity contribution in [1.29, 1.82) is 0 Å². The van der Waals surface area contributed by atoms with Gasteiger partial charge in [-0.1, -0.05) is 133 Å². The number of rotatable bonds is 6. The lowest BCUT2D eigenvalue weighted by atomic mass is 10.0. The van der Waals surface area contributed by atoms with Gasteiger partial charge in [-0.15, -0.1) is 0 Å². The molecule has 11 aromatic rings. The summed E-state index contributed by atoms with van der Waals surface area (Å²) in [6.07, 6.45) is 3.46. The summed E-state index contributed by atoms with van der Waals surface area (Å²) in [4.78, 5) is 20.0. The van der Waals surface area contributed by atoms with Crippen LogP contribution in [0.3, 0.4) is 0 Å². The second-order valence-electron chi connectivity index (χ2n) is 13.9. The smallest absolute Gasteiger partial charge is 0.181 e. The van der Waals surface area contributed by atoms with E-state index in [4.69, 9.17) is 19.9 Å². The van der Waals surface area contributed by atoms with Gasteiger partial charge >= 0.3 is 0 Å². The van der Waals surface area contributed by atoms with Gasteiger partial charge in [-0.25, -0.2) is 15.0 Å². The van der Waals surface area contributed by atoms with Gasteiger partial charge in [0, 0.05) is 62.0 Å². The highest BCUT2D eigenvalue weighted by atomic mass is 15.0. The van der Waals surface area contributed by atoms with Crippen molar-refractivity contribution in [1.82, 2.24) is 29.1 Å². The molecule has 0 saturated carbocycles. The Morgan fingerprint density at radius 3 is 1.34 bits per heavy atom. The highest BCUT2D eigenvalue weighted by Gasteiger charge is 2.20. The zero-order valence-electron chi connectivity index (χ0n) is 30.2. The Labute approximate surface area is 322 Å². The van der Waals surface area contributed by atoms with Crippen LogP contribution >= 0.6 is 0 Å². The van der Waals surface area contributed by atoms with E-state index in [1.807, 2.05) is 42.5 Å². The van der Waals surface area contributed by atoms with Gasteiger partial charge in [0.15, 0.2) is 5.82 Å². The molecule has 0 fully saturated rings. The van der Waals surface area contributed by atoms with Crippen molar-refractivity contribution in [2.45, 2.75) is 0 Å². The fourth-order valence-electron chi connectivity index (χ4n) is 8.15. The molecule has 0 radical (unpaired) electrons. The Morgan fingerprint density at radius 2 is 0.786 bits per heavy atom. The maximum atomic E-state index is 5.10. The summed E-state index contributed by atoms with van der Waals surface area (Å²) in [5.74, 6) is 0.521. The van der Waals surface area contributed by atoms with E-state index in [1.54, 1.807) is 12.4 Å². The van der Waals surface area contributed by atoms with Crippen molar-refractivity contribution < 1.29 is 0 Å². The first-order chi connectivity index (χ1) is 27.8. The van der Waals surface area contributed by atoms with Crippen LogP contribution in [0.25, 0.3) is 100 Å². The van der Waals surface area contributed by atoms with Gasteiger partial charge in [-0.3, -0.25) is 4.98 Å². The normalized spacial score (nSPS) is 11.6. The maximum Gasteiger partial charge on any atom is 0.181 e. The number of para-hydroxylation sites is 3. The van der Waals surface area contributed by atoms with Gasteiger partial charge in [0.25, 0.3) is 0 Å². The van der Waals surface area contributed by atoms with Crippen molar-refractivity contribution in [2.75, 3.05) is 0 Å². The Bertz CT molecular complexity index is 3140. The van der Waals surface area contributed by atoms with Crippen LogP contribution in [0.5, 0.6) is 0 Å². The molecule has 0 saturated heterocycles. The molecule has 0 aliphatic heterocycles. The van der Waals surface area contributed by atoms with Gasteiger partial charge in [0.1, 0.15) is 5.69 Å². The average molecular weight is 717 g/mol. The molecule has 56 heavy (non-hydrogen) atoms. The number of fused-ring (bicyclic) bond motifs is 6. The minimum absolute atomic E-state index is 0.521. The second-order valence-corrected chi connectivity index (χ2v) is 13.9. The van der Waals surface area contributed by atoms with E-state index in [1.165, 1.54) is 27.2 Å². The predicted molar refractivity (Wildman–Crippen MR) is 228 cm³/mol. The molecule has 0 atom stereocenters. The lowest BCUT2D eigenvalue weighted by Crippen LogP contribution is -2.01. The molecule has 262 valence electrons. The Hall–Kier alpha value is -7.70. The summed E-state index contributed by atoms with van der Waals surface area (Å²) in [6, 6.07) is 63.8. The largest absolute Gasteiger partial charge is 0.309 e. The van der Waals surface area contributed by atoms with Crippen molar-refractivity contribution in [3.63, 3.8) is 0 Å². The lowest BCUT2D eigenvalue weighted by Gasteiger charge is -2.14. The molecule has 0 aliphatic rings. The monoisotopic (exact) mass is 716 g/mol. The molecule has 7 aromatic carbocycles. The molecular weight excluding hydrogens is 685 g/mol. The molecule has 0 amide bonds. The first-order valence-electron chi connectivity index (χ1n) is 18.7. The summed E-state index contributed by atoms with van der Waals surface area (Å²) in [5, 5.41) is 4.82. The number of hydrogen-bond donors (Lipinski definition) is 0. The first kappa shape index (κ1) is 31.8. The number of nitrogens with zero attached hydrogens (tertiary/aromatic N) is 6. The minimum atomic E-state index is 0.521. The number of hydrogen-bond acceptors (Lipinski definition) is 4. The molecule has 0 unspecified atom stereocenters. The van der Waals surface area contributed by atoms with Gasteiger partial charge in [-0.05, 0) is 48.5 Å². The van der Waals surface area contributed by atoms with Crippen LogP contribution in [0.2, 0.25) is 0 Å². The maximum absolute atomic E-state index is 5.10. The summed E-state index contributed by atoms with van der Waals surface area (Å²) in [7, 11) is 0. The van der Waals surface area contributed by atoms with Crippen LogP contribution < -0.4 is 0 Å². The topological polar surface area (TPSA) is 61.4 Å². The third-order valence-electron chi connectivity index (χ3n) is 10.6. The van der Waals surface area contributed by atoms with Crippen LogP contribution in [0.4, 0.5) is 0 Å². The van der Waals surface area contributed by atoms with Crippen LogP contribution in [0, 0.1) is 0 Å². The molecule has 0 aliphatic carbocycles. The van der Waals surface area contributed by atoms with Crippen LogP contribution in [0.15, 0.2) is 194 Å². The fourth-order valence-corrected chi connectivity index (χ4v) is 8.15. The van der Waals surface area contributed by atoms with E-state index in [0.29, 0.717) is 11.5 Å². The molecule has 6 heteroatoms. The lowest BCUT2D eigenvalue weighted by molar-refractivity contribution is 1.12. The summed E-state index contributed by atoms with van der Waals surface area (Å²) < 4.78 is 4.73. The van der Waals surface area contributed by atoms with E-state index in [0.717, 1.165) is 61.6 Å². The van der Waals surface area contributed by atoms with Crippen molar-refractivity contribution >= 4 is 43.6 Å². The van der Waals surface area contributed by atoms with E-state index in [-0.39, 0.29) is 0 Å². The molecule has 4 heterocycles. The van der Waals surface area contributed by atoms with E-state index in [2.05, 4.69) is 149 Å². The highest BCUT2D eigenvalue weighted by molar-refractivity contribution is 6.11. The predicted octanol–water partition coefficient (Wildman–Crippen LogP) is 12.1. The summed E-state index contributed by atoms with van der Waals surface area (Å²) >= 11 is 0. The zero-order chi connectivity index (χ0) is 37.0.